The normalized spacial score (nSPS) is 10.4. The molecule has 2 aromatic rings. The van der Waals surface area contributed by atoms with E-state index in [1.54, 1.807) is 13.0 Å². The van der Waals surface area contributed by atoms with Crippen LogP contribution in [0.5, 0.6) is 0 Å². The molecule has 0 radical (unpaired) electrons. The highest BCUT2D eigenvalue weighted by molar-refractivity contribution is 7.14. The predicted octanol–water partition coefficient (Wildman–Crippen LogP) is 3.95. The van der Waals surface area contributed by atoms with Crippen LogP contribution in [0.4, 0.5) is 0 Å². The van der Waals surface area contributed by atoms with Gasteiger partial charge in [-0.25, -0.2) is 9.78 Å². The van der Waals surface area contributed by atoms with Gasteiger partial charge >= 0.3 is 5.97 Å². The number of ether oxygens (including phenoxy) is 1. The quantitative estimate of drug-likeness (QED) is 0.800. The minimum absolute atomic E-state index is 0.345. The lowest BCUT2D eigenvalue weighted by Gasteiger charge is -2.04. The van der Waals surface area contributed by atoms with E-state index in [9.17, 15) is 4.79 Å². The monoisotopic (exact) mass is 281 g/mol. The van der Waals surface area contributed by atoms with E-state index in [0.29, 0.717) is 22.2 Å². The van der Waals surface area contributed by atoms with Crippen molar-refractivity contribution in [1.82, 2.24) is 4.98 Å². The van der Waals surface area contributed by atoms with E-state index in [1.807, 2.05) is 25.1 Å². The smallest absolute Gasteiger partial charge is 0.350 e. The van der Waals surface area contributed by atoms with E-state index in [-0.39, 0.29) is 5.97 Å². The van der Waals surface area contributed by atoms with Crippen LogP contribution in [-0.2, 0) is 4.74 Å². The van der Waals surface area contributed by atoms with Crippen LogP contribution < -0.4 is 0 Å². The van der Waals surface area contributed by atoms with Crippen molar-refractivity contribution in [1.29, 1.82) is 0 Å². The Bertz CT molecular complexity index is 580. The number of halogens is 1. The molecule has 3 nitrogen and oxygen atoms in total. The molecule has 0 fully saturated rings. The third-order valence-corrected chi connectivity index (χ3v) is 3.60. The number of benzene rings is 1. The van der Waals surface area contributed by atoms with Gasteiger partial charge in [-0.15, -0.1) is 11.3 Å². The number of hydrogen-bond acceptors (Lipinski definition) is 4. The van der Waals surface area contributed by atoms with Crippen molar-refractivity contribution >= 4 is 28.9 Å². The summed E-state index contributed by atoms with van der Waals surface area (Å²) < 4.78 is 5.03. The third kappa shape index (κ3) is 2.54. The zero-order valence-corrected chi connectivity index (χ0v) is 11.6. The summed E-state index contributed by atoms with van der Waals surface area (Å²) in [5.41, 5.74) is 1.35. The molecule has 0 spiro atoms. The molecule has 1 aromatic heterocycles. The number of esters is 1. The van der Waals surface area contributed by atoms with E-state index in [2.05, 4.69) is 4.98 Å². The Morgan fingerprint density at radius 3 is 2.83 bits per heavy atom. The molecule has 5 heteroatoms. The number of hydrogen-bond donors (Lipinski definition) is 0. The average molecular weight is 282 g/mol. The van der Waals surface area contributed by atoms with Crippen LogP contribution >= 0.6 is 22.9 Å². The first kappa shape index (κ1) is 13.1. The van der Waals surface area contributed by atoms with Gasteiger partial charge < -0.3 is 4.74 Å². The first-order valence-corrected chi connectivity index (χ1v) is 6.72. The summed E-state index contributed by atoms with van der Waals surface area (Å²) in [6.45, 7) is 3.98. The SMILES string of the molecule is CCOC(=O)c1sc(C)nc1-c1ccccc1Cl. The summed E-state index contributed by atoms with van der Waals surface area (Å²) in [7, 11) is 0. The largest absolute Gasteiger partial charge is 0.462 e. The molecular formula is C13H12ClNO2S. The van der Waals surface area contributed by atoms with Gasteiger partial charge in [0.25, 0.3) is 0 Å². The van der Waals surface area contributed by atoms with Crippen molar-refractivity contribution in [3.63, 3.8) is 0 Å². The molecule has 0 unspecified atom stereocenters. The summed E-state index contributed by atoms with van der Waals surface area (Å²) in [5.74, 6) is -0.349. The van der Waals surface area contributed by atoms with Crippen molar-refractivity contribution in [3.05, 3.63) is 39.2 Å². The minimum Gasteiger partial charge on any atom is -0.462 e. The molecule has 0 amide bonds. The highest BCUT2D eigenvalue weighted by Crippen LogP contribution is 2.33. The Labute approximate surface area is 114 Å². The lowest BCUT2D eigenvalue weighted by molar-refractivity contribution is 0.0532. The number of nitrogens with zero attached hydrogens (tertiary/aromatic N) is 1. The van der Waals surface area contributed by atoms with Gasteiger partial charge in [0.2, 0.25) is 0 Å². The topological polar surface area (TPSA) is 39.2 Å². The van der Waals surface area contributed by atoms with Gasteiger partial charge in [-0.3, -0.25) is 0 Å². The van der Waals surface area contributed by atoms with Crippen LogP contribution in [0.2, 0.25) is 5.02 Å². The highest BCUT2D eigenvalue weighted by Gasteiger charge is 2.20. The van der Waals surface area contributed by atoms with Gasteiger partial charge in [0.1, 0.15) is 4.88 Å². The molecule has 0 aliphatic heterocycles. The van der Waals surface area contributed by atoms with Gasteiger partial charge in [-0.2, -0.15) is 0 Å². The molecule has 0 bridgehead atoms. The molecule has 18 heavy (non-hydrogen) atoms. The van der Waals surface area contributed by atoms with E-state index < -0.39 is 0 Å². The zero-order chi connectivity index (χ0) is 13.1. The fourth-order valence-corrected chi connectivity index (χ4v) is 2.65. The number of rotatable bonds is 3. The van der Waals surface area contributed by atoms with Gasteiger partial charge in [-0.1, -0.05) is 29.8 Å². The summed E-state index contributed by atoms with van der Waals surface area (Å²) in [4.78, 5) is 16.7. The van der Waals surface area contributed by atoms with E-state index in [4.69, 9.17) is 16.3 Å². The second-order valence-corrected chi connectivity index (χ2v) is 5.22. The fraction of sp³-hybridized carbons (Fsp3) is 0.231. The second-order valence-electron chi connectivity index (χ2n) is 3.61. The summed E-state index contributed by atoms with van der Waals surface area (Å²) >= 11 is 7.46. The summed E-state index contributed by atoms with van der Waals surface area (Å²) in [6.07, 6.45) is 0. The molecule has 0 aliphatic carbocycles. The van der Waals surface area contributed by atoms with Gasteiger partial charge in [0.05, 0.1) is 22.3 Å². The molecule has 0 saturated heterocycles. The summed E-state index contributed by atoms with van der Waals surface area (Å²) in [5, 5.41) is 1.39. The van der Waals surface area contributed by atoms with Gasteiger partial charge in [0.15, 0.2) is 0 Å². The molecule has 94 valence electrons. The highest BCUT2D eigenvalue weighted by atomic mass is 35.5. The Balaban J connectivity index is 2.51. The fourth-order valence-electron chi connectivity index (χ4n) is 1.60. The van der Waals surface area contributed by atoms with Gasteiger partial charge in [0, 0.05) is 5.56 Å². The van der Waals surface area contributed by atoms with Crippen molar-refractivity contribution in [2.24, 2.45) is 0 Å². The first-order chi connectivity index (χ1) is 8.63. The van der Waals surface area contributed by atoms with Gasteiger partial charge in [-0.05, 0) is 19.9 Å². The van der Waals surface area contributed by atoms with Crippen molar-refractivity contribution in [2.75, 3.05) is 6.61 Å². The maximum Gasteiger partial charge on any atom is 0.350 e. The van der Waals surface area contributed by atoms with Crippen LogP contribution in [0.3, 0.4) is 0 Å². The first-order valence-electron chi connectivity index (χ1n) is 5.53. The Morgan fingerprint density at radius 2 is 2.17 bits per heavy atom. The number of thiazole rings is 1. The zero-order valence-electron chi connectivity index (χ0n) is 10.1. The molecular weight excluding hydrogens is 270 g/mol. The Morgan fingerprint density at radius 1 is 1.44 bits per heavy atom. The number of aryl methyl sites for hydroxylation is 1. The Kier molecular flexibility index (Phi) is 3.99. The average Bonchev–Trinajstić information content (AvgIpc) is 2.72. The molecule has 2 rings (SSSR count). The lowest BCUT2D eigenvalue weighted by Crippen LogP contribution is -2.04. The third-order valence-electron chi connectivity index (χ3n) is 2.32. The molecule has 1 heterocycles. The standard InChI is InChI=1S/C13H12ClNO2S/c1-3-17-13(16)12-11(15-8(2)18-12)9-6-4-5-7-10(9)14/h4-7H,3H2,1-2H3. The molecule has 0 saturated carbocycles. The number of carbonyl (C=O) groups is 1. The van der Waals surface area contributed by atoms with Crippen LogP contribution in [0.25, 0.3) is 11.3 Å². The maximum atomic E-state index is 11.9. The van der Waals surface area contributed by atoms with E-state index >= 15 is 0 Å². The van der Waals surface area contributed by atoms with Crippen LogP contribution in [0.1, 0.15) is 21.6 Å². The van der Waals surface area contributed by atoms with Crippen LogP contribution in [-0.4, -0.2) is 17.6 Å². The molecule has 0 aliphatic rings. The van der Waals surface area contributed by atoms with E-state index in [1.165, 1.54) is 11.3 Å². The van der Waals surface area contributed by atoms with Crippen molar-refractivity contribution in [3.8, 4) is 11.3 Å². The van der Waals surface area contributed by atoms with Crippen LogP contribution in [0.15, 0.2) is 24.3 Å². The lowest BCUT2D eigenvalue weighted by atomic mass is 10.1. The van der Waals surface area contributed by atoms with Crippen LogP contribution in [0, 0.1) is 6.92 Å². The predicted molar refractivity (Wildman–Crippen MR) is 73.3 cm³/mol. The molecule has 0 atom stereocenters. The van der Waals surface area contributed by atoms with Crippen molar-refractivity contribution in [2.45, 2.75) is 13.8 Å². The molecule has 0 N–H and O–H groups in total. The maximum absolute atomic E-state index is 11.9. The number of aromatic nitrogens is 1. The minimum atomic E-state index is -0.349. The van der Waals surface area contributed by atoms with Crippen molar-refractivity contribution < 1.29 is 9.53 Å². The number of carbonyl (C=O) groups excluding carboxylic acids is 1. The molecule has 1 aromatic carbocycles. The Hall–Kier alpha value is -1.39. The van der Waals surface area contributed by atoms with E-state index in [0.717, 1.165) is 10.6 Å². The second kappa shape index (κ2) is 5.50. The summed E-state index contributed by atoms with van der Waals surface area (Å²) in [6, 6.07) is 7.33.